The molecule has 1 aliphatic rings. The van der Waals surface area contributed by atoms with Crippen LogP contribution in [-0.4, -0.2) is 27.3 Å². The van der Waals surface area contributed by atoms with E-state index in [0.717, 1.165) is 11.8 Å². The third kappa shape index (κ3) is 2.65. The summed E-state index contributed by atoms with van der Waals surface area (Å²) in [6.07, 6.45) is 6.17. The van der Waals surface area contributed by atoms with Crippen molar-refractivity contribution in [3.8, 4) is 0 Å². The number of nitrogens with zero attached hydrogens (tertiary/aromatic N) is 2. The molecule has 3 rings (SSSR count). The van der Waals surface area contributed by atoms with Crippen molar-refractivity contribution < 1.29 is 0 Å². The topological polar surface area (TPSA) is 29.9 Å². The maximum Gasteiger partial charge on any atom is 0.0841 e. The second-order valence-corrected chi connectivity index (χ2v) is 6.47. The molecule has 102 valence electrons. The third-order valence-electron chi connectivity index (χ3n) is 4.11. The minimum absolute atomic E-state index is 0.665. The van der Waals surface area contributed by atoms with Crippen LogP contribution in [0.4, 0.5) is 0 Å². The first-order chi connectivity index (χ1) is 9.28. The Morgan fingerprint density at radius 2 is 2.21 bits per heavy atom. The summed E-state index contributed by atoms with van der Waals surface area (Å²) in [6, 6.07) is 9.12. The number of hydrogen-bond donors (Lipinski definition) is 1. The van der Waals surface area contributed by atoms with E-state index >= 15 is 0 Å². The van der Waals surface area contributed by atoms with Crippen LogP contribution in [0.25, 0.3) is 10.9 Å². The molecule has 4 heteroatoms. The van der Waals surface area contributed by atoms with E-state index in [1.54, 1.807) is 0 Å². The quantitative estimate of drug-likeness (QED) is 0.930. The van der Waals surface area contributed by atoms with Gasteiger partial charge in [0, 0.05) is 30.3 Å². The molecule has 1 heterocycles. The van der Waals surface area contributed by atoms with Crippen LogP contribution in [0.5, 0.6) is 0 Å². The Morgan fingerprint density at radius 3 is 3.00 bits per heavy atom. The van der Waals surface area contributed by atoms with Crippen LogP contribution in [0.15, 0.2) is 24.3 Å². The maximum atomic E-state index is 4.64. The van der Waals surface area contributed by atoms with Gasteiger partial charge in [-0.3, -0.25) is 4.68 Å². The summed E-state index contributed by atoms with van der Waals surface area (Å²) in [5.41, 5.74) is 2.39. The monoisotopic (exact) mass is 275 g/mol. The SMILES string of the molecule is CSC1CCC(NCc2nn(C)c3ccccc23)C1. The number of hydrogen-bond acceptors (Lipinski definition) is 3. The molecule has 0 spiro atoms. The highest BCUT2D eigenvalue weighted by Crippen LogP contribution is 2.28. The number of aromatic nitrogens is 2. The molecule has 0 amide bonds. The fourth-order valence-electron chi connectivity index (χ4n) is 3.00. The van der Waals surface area contributed by atoms with Crippen LogP contribution in [0.2, 0.25) is 0 Å². The summed E-state index contributed by atoms with van der Waals surface area (Å²) in [5.74, 6) is 0. The van der Waals surface area contributed by atoms with E-state index in [9.17, 15) is 0 Å². The van der Waals surface area contributed by atoms with Crippen molar-refractivity contribution in [3.05, 3.63) is 30.0 Å². The average molecular weight is 275 g/mol. The summed E-state index contributed by atoms with van der Waals surface area (Å²) < 4.78 is 1.98. The smallest absolute Gasteiger partial charge is 0.0841 e. The van der Waals surface area contributed by atoms with Gasteiger partial charge in [-0.15, -0.1) is 0 Å². The van der Waals surface area contributed by atoms with Gasteiger partial charge in [-0.05, 0) is 31.6 Å². The van der Waals surface area contributed by atoms with E-state index in [4.69, 9.17) is 0 Å². The van der Waals surface area contributed by atoms with Gasteiger partial charge in [-0.25, -0.2) is 0 Å². The molecular formula is C15H21N3S. The van der Waals surface area contributed by atoms with Crippen LogP contribution in [0.3, 0.4) is 0 Å². The maximum absolute atomic E-state index is 4.64. The minimum Gasteiger partial charge on any atom is -0.308 e. The highest BCUT2D eigenvalue weighted by atomic mass is 32.2. The fraction of sp³-hybridized carbons (Fsp3) is 0.533. The largest absolute Gasteiger partial charge is 0.308 e. The lowest BCUT2D eigenvalue weighted by Crippen LogP contribution is -2.26. The molecule has 0 radical (unpaired) electrons. The summed E-state index contributed by atoms with van der Waals surface area (Å²) in [5, 5.41) is 10.4. The van der Waals surface area contributed by atoms with Gasteiger partial charge in [0.25, 0.3) is 0 Å². The highest BCUT2D eigenvalue weighted by Gasteiger charge is 2.23. The Hall–Kier alpha value is -1.00. The molecule has 1 saturated carbocycles. The number of benzene rings is 1. The Bertz CT molecular complexity index is 564. The van der Waals surface area contributed by atoms with Crippen LogP contribution in [0.1, 0.15) is 25.0 Å². The molecule has 0 bridgehead atoms. The second kappa shape index (κ2) is 5.55. The minimum atomic E-state index is 0.665. The molecule has 1 aromatic heterocycles. The standard InChI is InChI=1S/C15H21N3S/c1-18-15-6-4-3-5-13(15)14(17-18)10-16-11-7-8-12(9-11)19-2/h3-6,11-12,16H,7-10H2,1-2H3. The van der Waals surface area contributed by atoms with Crippen molar-refractivity contribution >= 4 is 22.7 Å². The van der Waals surface area contributed by atoms with Crippen LogP contribution < -0.4 is 5.32 Å². The number of aryl methyl sites for hydroxylation is 1. The number of thioether (sulfide) groups is 1. The molecule has 2 aromatic rings. The zero-order valence-electron chi connectivity index (χ0n) is 11.6. The zero-order chi connectivity index (χ0) is 13.2. The normalized spacial score (nSPS) is 23.3. The predicted octanol–water partition coefficient (Wildman–Crippen LogP) is 2.95. The number of nitrogens with one attached hydrogen (secondary N) is 1. The van der Waals surface area contributed by atoms with Gasteiger partial charge < -0.3 is 5.32 Å². The van der Waals surface area contributed by atoms with E-state index in [1.165, 1.54) is 35.9 Å². The number of para-hydroxylation sites is 1. The van der Waals surface area contributed by atoms with E-state index in [2.05, 4.69) is 40.9 Å². The average Bonchev–Trinajstić information content (AvgIpc) is 3.02. The zero-order valence-corrected chi connectivity index (χ0v) is 12.4. The second-order valence-electron chi connectivity index (χ2n) is 5.34. The van der Waals surface area contributed by atoms with Crippen molar-refractivity contribution in [2.24, 2.45) is 7.05 Å². The molecule has 3 nitrogen and oxygen atoms in total. The van der Waals surface area contributed by atoms with E-state index in [-0.39, 0.29) is 0 Å². The molecule has 1 aromatic carbocycles. The summed E-state index contributed by atoms with van der Waals surface area (Å²) in [7, 11) is 2.02. The molecule has 1 fully saturated rings. The molecule has 2 atom stereocenters. The molecule has 1 N–H and O–H groups in total. The van der Waals surface area contributed by atoms with Gasteiger partial charge in [-0.2, -0.15) is 16.9 Å². The Morgan fingerprint density at radius 1 is 1.37 bits per heavy atom. The van der Waals surface area contributed by atoms with Crippen molar-refractivity contribution in [3.63, 3.8) is 0 Å². The molecule has 19 heavy (non-hydrogen) atoms. The van der Waals surface area contributed by atoms with Crippen molar-refractivity contribution in [2.45, 2.75) is 37.1 Å². The van der Waals surface area contributed by atoms with Gasteiger partial charge in [0.1, 0.15) is 0 Å². The first-order valence-corrected chi connectivity index (χ1v) is 8.23. The Kier molecular flexibility index (Phi) is 3.80. The summed E-state index contributed by atoms with van der Waals surface area (Å²) in [4.78, 5) is 0. The van der Waals surface area contributed by atoms with Gasteiger partial charge in [0.15, 0.2) is 0 Å². The van der Waals surface area contributed by atoms with Gasteiger partial charge in [0.2, 0.25) is 0 Å². The van der Waals surface area contributed by atoms with Gasteiger partial charge in [-0.1, -0.05) is 18.2 Å². The van der Waals surface area contributed by atoms with Crippen LogP contribution in [-0.2, 0) is 13.6 Å². The molecule has 0 saturated heterocycles. The summed E-state index contributed by atoms with van der Waals surface area (Å²) >= 11 is 2.00. The van der Waals surface area contributed by atoms with Gasteiger partial charge in [0.05, 0.1) is 11.2 Å². The number of rotatable bonds is 4. The first-order valence-electron chi connectivity index (χ1n) is 6.94. The van der Waals surface area contributed by atoms with E-state index in [1.807, 2.05) is 23.5 Å². The van der Waals surface area contributed by atoms with Crippen molar-refractivity contribution in [1.29, 1.82) is 0 Å². The Balaban J connectivity index is 1.69. The van der Waals surface area contributed by atoms with Crippen LogP contribution in [0, 0.1) is 0 Å². The molecule has 1 aliphatic carbocycles. The van der Waals surface area contributed by atoms with Crippen molar-refractivity contribution in [1.82, 2.24) is 15.1 Å². The van der Waals surface area contributed by atoms with Crippen molar-refractivity contribution in [2.75, 3.05) is 6.26 Å². The first kappa shape index (κ1) is 13.0. The highest BCUT2D eigenvalue weighted by molar-refractivity contribution is 7.99. The lowest BCUT2D eigenvalue weighted by molar-refractivity contribution is 0.518. The fourth-order valence-corrected chi connectivity index (χ4v) is 3.80. The lowest BCUT2D eigenvalue weighted by Gasteiger charge is -2.11. The molecule has 0 aliphatic heterocycles. The lowest BCUT2D eigenvalue weighted by atomic mass is 10.2. The van der Waals surface area contributed by atoms with Crippen LogP contribution >= 0.6 is 11.8 Å². The van der Waals surface area contributed by atoms with E-state index in [0.29, 0.717) is 6.04 Å². The predicted molar refractivity (Wildman–Crippen MR) is 82.5 cm³/mol. The molecule has 2 unspecified atom stereocenters. The third-order valence-corrected chi connectivity index (χ3v) is 5.21. The Labute approximate surface area is 118 Å². The number of fused-ring (bicyclic) bond motifs is 1. The van der Waals surface area contributed by atoms with E-state index < -0.39 is 0 Å². The van der Waals surface area contributed by atoms with Gasteiger partial charge >= 0.3 is 0 Å². The summed E-state index contributed by atoms with van der Waals surface area (Å²) in [6.45, 7) is 0.882. The molecular weight excluding hydrogens is 254 g/mol.